The number of anilines is 1. The van der Waals surface area contributed by atoms with Crippen molar-refractivity contribution in [3.63, 3.8) is 0 Å². The zero-order valence-electron chi connectivity index (χ0n) is 9.54. The fourth-order valence-corrected chi connectivity index (χ4v) is 5.31. The second kappa shape index (κ2) is 4.06. The van der Waals surface area contributed by atoms with Crippen LogP contribution in [0.3, 0.4) is 0 Å². The summed E-state index contributed by atoms with van der Waals surface area (Å²) in [6.07, 6.45) is 0.344. The Morgan fingerprint density at radius 1 is 1.28 bits per heavy atom. The van der Waals surface area contributed by atoms with Crippen LogP contribution in [0, 0.1) is 5.92 Å². The largest absolute Gasteiger partial charge is 0.308 e. The molecule has 0 saturated carbocycles. The quantitative estimate of drug-likeness (QED) is 0.786. The van der Waals surface area contributed by atoms with E-state index < -0.39 is 9.84 Å². The highest BCUT2D eigenvalue weighted by molar-refractivity contribution is 9.10. The van der Waals surface area contributed by atoms with Crippen LogP contribution in [0.5, 0.6) is 0 Å². The summed E-state index contributed by atoms with van der Waals surface area (Å²) in [6.45, 7) is 0. The van der Waals surface area contributed by atoms with Gasteiger partial charge in [0.25, 0.3) is 0 Å². The van der Waals surface area contributed by atoms with E-state index in [1.165, 1.54) is 0 Å². The van der Waals surface area contributed by atoms with Crippen molar-refractivity contribution >= 4 is 37.4 Å². The number of benzene rings is 1. The van der Waals surface area contributed by atoms with Crippen molar-refractivity contribution < 1.29 is 13.2 Å². The van der Waals surface area contributed by atoms with E-state index in [1.807, 2.05) is 24.3 Å². The molecule has 2 heterocycles. The van der Waals surface area contributed by atoms with Crippen LogP contribution in [-0.4, -0.2) is 31.9 Å². The molecule has 0 radical (unpaired) electrons. The van der Waals surface area contributed by atoms with Gasteiger partial charge in [0.05, 0.1) is 17.5 Å². The van der Waals surface area contributed by atoms with Gasteiger partial charge < -0.3 is 4.90 Å². The Morgan fingerprint density at radius 2 is 2.06 bits per heavy atom. The highest BCUT2D eigenvalue weighted by Gasteiger charge is 2.49. The van der Waals surface area contributed by atoms with E-state index in [9.17, 15) is 13.2 Å². The average molecular weight is 330 g/mol. The maximum Gasteiger partial charge on any atom is 0.227 e. The molecule has 18 heavy (non-hydrogen) atoms. The Kier molecular flexibility index (Phi) is 2.75. The molecule has 0 aromatic heterocycles. The lowest BCUT2D eigenvalue weighted by atomic mass is 10.1. The number of nitrogens with zero attached hydrogens (tertiary/aromatic N) is 1. The summed E-state index contributed by atoms with van der Waals surface area (Å²) in [6, 6.07) is 7.24. The van der Waals surface area contributed by atoms with E-state index >= 15 is 0 Å². The molecule has 2 atom stereocenters. The summed E-state index contributed by atoms with van der Waals surface area (Å²) in [7, 11) is -2.99. The Bertz CT molecular complexity index is 614. The highest BCUT2D eigenvalue weighted by Crippen LogP contribution is 2.37. The van der Waals surface area contributed by atoms with Crippen molar-refractivity contribution in [3.05, 3.63) is 28.7 Å². The van der Waals surface area contributed by atoms with Crippen molar-refractivity contribution in [3.8, 4) is 0 Å². The first kappa shape index (κ1) is 12.2. The third-order valence-corrected chi connectivity index (χ3v) is 5.84. The van der Waals surface area contributed by atoms with Gasteiger partial charge in [0.1, 0.15) is 0 Å². The smallest absolute Gasteiger partial charge is 0.227 e. The minimum Gasteiger partial charge on any atom is -0.308 e. The van der Waals surface area contributed by atoms with Gasteiger partial charge in [0.15, 0.2) is 9.84 Å². The fraction of sp³-hybridized carbons (Fsp3) is 0.417. The zero-order chi connectivity index (χ0) is 12.9. The highest BCUT2D eigenvalue weighted by atomic mass is 79.9. The van der Waals surface area contributed by atoms with Crippen molar-refractivity contribution in [1.82, 2.24) is 0 Å². The number of amides is 1. The third-order valence-electron chi connectivity index (χ3n) is 3.56. The summed E-state index contributed by atoms with van der Waals surface area (Å²) in [4.78, 5) is 13.7. The van der Waals surface area contributed by atoms with E-state index in [-0.39, 0.29) is 29.4 Å². The number of sulfone groups is 1. The van der Waals surface area contributed by atoms with Crippen LogP contribution < -0.4 is 4.90 Å². The second-order valence-electron chi connectivity index (χ2n) is 4.85. The molecular weight excluding hydrogens is 318 g/mol. The molecule has 1 amide bonds. The molecular formula is C12H12BrNO3S. The van der Waals surface area contributed by atoms with Crippen LogP contribution in [0.25, 0.3) is 0 Å². The predicted octanol–water partition coefficient (Wildman–Crippen LogP) is 1.60. The van der Waals surface area contributed by atoms with E-state index in [0.717, 1.165) is 10.2 Å². The van der Waals surface area contributed by atoms with Gasteiger partial charge in [0.2, 0.25) is 5.91 Å². The molecule has 2 unspecified atom stereocenters. The molecule has 0 bridgehead atoms. The molecule has 1 aromatic carbocycles. The lowest BCUT2D eigenvalue weighted by Gasteiger charge is -2.23. The van der Waals surface area contributed by atoms with Gasteiger partial charge in [-0.15, -0.1) is 0 Å². The zero-order valence-corrected chi connectivity index (χ0v) is 11.9. The van der Waals surface area contributed by atoms with Gasteiger partial charge in [-0.3, -0.25) is 4.79 Å². The van der Waals surface area contributed by atoms with Crippen LogP contribution in [-0.2, 0) is 14.6 Å². The van der Waals surface area contributed by atoms with Crippen LogP contribution in [0.2, 0.25) is 0 Å². The Balaban J connectivity index is 1.99. The Hall–Kier alpha value is -0.880. The van der Waals surface area contributed by atoms with Crippen molar-refractivity contribution in [2.24, 2.45) is 5.92 Å². The molecule has 3 rings (SSSR count). The molecule has 2 aliphatic rings. The van der Waals surface area contributed by atoms with E-state index in [4.69, 9.17) is 0 Å². The summed E-state index contributed by atoms with van der Waals surface area (Å²) in [5.41, 5.74) is 0.777. The summed E-state index contributed by atoms with van der Waals surface area (Å²) < 4.78 is 24.2. The first-order valence-corrected chi connectivity index (χ1v) is 8.36. The molecule has 0 N–H and O–H groups in total. The molecule has 2 saturated heterocycles. The monoisotopic (exact) mass is 329 g/mol. The Labute approximate surface area is 114 Å². The molecule has 2 aliphatic heterocycles. The van der Waals surface area contributed by atoms with Gasteiger partial charge >= 0.3 is 0 Å². The number of rotatable bonds is 1. The topological polar surface area (TPSA) is 54.5 Å². The lowest BCUT2D eigenvalue weighted by Crippen LogP contribution is -2.36. The van der Waals surface area contributed by atoms with Gasteiger partial charge in [-0.05, 0) is 18.2 Å². The van der Waals surface area contributed by atoms with Gasteiger partial charge in [0, 0.05) is 22.5 Å². The van der Waals surface area contributed by atoms with E-state index in [1.54, 1.807) is 4.90 Å². The number of fused-ring (bicyclic) bond motifs is 1. The number of carbonyl (C=O) groups is 1. The number of hydrogen-bond acceptors (Lipinski definition) is 3. The third kappa shape index (κ3) is 1.97. The van der Waals surface area contributed by atoms with Crippen molar-refractivity contribution in [2.75, 3.05) is 16.4 Å². The van der Waals surface area contributed by atoms with Crippen molar-refractivity contribution in [2.45, 2.75) is 12.5 Å². The number of halogens is 1. The number of hydrogen-bond donors (Lipinski definition) is 0. The molecule has 4 nitrogen and oxygen atoms in total. The fourth-order valence-electron chi connectivity index (χ4n) is 2.85. The van der Waals surface area contributed by atoms with Crippen LogP contribution in [0.15, 0.2) is 28.7 Å². The van der Waals surface area contributed by atoms with Crippen LogP contribution in [0.4, 0.5) is 5.69 Å². The van der Waals surface area contributed by atoms with E-state index in [0.29, 0.717) is 6.42 Å². The minimum absolute atomic E-state index is 0.0259. The summed E-state index contributed by atoms with van der Waals surface area (Å²) in [5.74, 6) is 0.226. The first-order chi connectivity index (χ1) is 8.46. The van der Waals surface area contributed by atoms with Crippen LogP contribution in [0.1, 0.15) is 6.42 Å². The molecule has 96 valence electrons. The SMILES string of the molecule is O=C1CC2CS(=O)(=O)CC2N1c1cccc(Br)c1. The molecule has 0 spiro atoms. The van der Waals surface area contributed by atoms with Gasteiger partial charge in [-0.2, -0.15) is 0 Å². The van der Waals surface area contributed by atoms with Crippen molar-refractivity contribution in [1.29, 1.82) is 0 Å². The van der Waals surface area contributed by atoms with E-state index in [2.05, 4.69) is 15.9 Å². The maximum atomic E-state index is 12.0. The lowest BCUT2D eigenvalue weighted by molar-refractivity contribution is -0.117. The average Bonchev–Trinajstić information content (AvgIpc) is 2.68. The van der Waals surface area contributed by atoms with Gasteiger partial charge in [-0.1, -0.05) is 22.0 Å². The standard InChI is InChI=1S/C12H12BrNO3S/c13-9-2-1-3-10(5-9)14-11-7-18(16,17)6-8(11)4-12(14)15/h1-3,5,8,11H,4,6-7H2. The maximum absolute atomic E-state index is 12.0. The minimum atomic E-state index is -2.99. The summed E-state index contributed by atoms with van der Waals surface area (Å²) in [5, 5.41) is 0. The summed E-state index contributed by atoms with van der Waals surface area (Å²) >= 11 is 3.37. The molecule has 0 aliphatic carbocycles. The Morgan fingerprint density at radius 3 is 2.78 bits per heavy atom. The predicted molar refractivity (Wildman–Crippen MR) is 72.2 cm³/mol. The van der Waals surface area contributed by atoms with Gasteiger partial charge in [-0.25, -0.2) is 8.42 Å². The molecule has 2 fully saturated rings. The number of carbonyl (C=O) groups excluding carboxylic acids is 1. The first-order valence-electron chi connectivity index (χ1n) is 5.74. The molecule has 1 aromatic rings. The van der Waals surface area contributed by atoms with Crippen LogP contribution >= 0.6 is 15.9 Å². The molecule has 6 heteroatoms. The normalized spacial score (nSPS) is 29.6. The second-order valence-corrected chi connectivity index (χ2v) is 7.92.